The van der Waals surface area contributed by atoms with Crippen LogP contribution in [0, 0.1) is 5.92 Å². The second-order valence-electron chi connectivity index (χ2n) is 6.71. The number of guanidine groups is 1. The molecule has 1 aliphatic heterocycles. The van der Waals surface area contributed by atoms with Gasteiger partial charge in [0.15, 0.2) is 5.96 Å². The second-order valence-corrected chi connectivity index (χ2v) is 6.71. The van der Waals surface area contributed by atoms with Crippen LogP contribution in [0.15, 0.2) is 23.5 Å². The molecule has 1 aromatic rings. The van der Waals surface area contributed by atoms with E-state index < -0.39 is 0 Å². The average Bonchev–Trinajstić information content (AvgIpc) is 2.70. The molecule has 0 unspecified atom stereocenters. The van der Waals surface area contributed by atoms with Gasteiger partial charge in [0.05, 0.1) is 0 Å². The molecule has 0 bridgehead atoms. The summed E-state index contributed by atoms with van der Waals surface area (Å²) in [6.07, 6.45) is 5.99. The van der Waals surface area contributed by atoms with Crippen molar-refractivity contribution in [3.05, 3.63) is 18.5 Å². The summed E-state index contributed by atoms with van der Waals surface area (Å²) in [6, 6.07) is 1.86. The Morgan fingerprint density at radius 1 is 1.07 bits per heavy atom. The maximum Gasteiger partial charge on any atom is 0.225 e. The lowest BCUT2D eigenvalue weighted by atomic mass is 10.0. The van der Waals surface area contributed by atoms with E-state index in [9.17, 15) is 0 Å². The van der Waals surface area contributed by atoms with E-state index in [1.165, 1.54) is 12.8 Å². The normalized spacial score (nSPS) is 15.6. The Balaban J connectivity index is 0.00000364. The second kappa shape index (κ2) is 13.9. The molecule has 0 saturated carbocycles. The van der Waals surface area contributed by atoms with Crippen LogP contribution in [-0.2, 0) is 0 Å². The summed E-state index contributed by atoms with van der Waals surface area (Å²) in [5.74, 6) is 2.46. The molecule has 2 heterocycles. The molecule has 7 nitrogen and oxygen atoms in total. The van der Waals surface area contributed by atoms with Gasteiger partial charge in [-0.25, -0.2) is 9.97 Å². The lowest BCUT2D eigenvalue weighted by Crippen LogP contribution is -2.49. The van der Waals surface area contributed by atoms with E-state index in [4.69, 9.17) is 4.99 Å². The molecule has 0 amide bonds. The summed E-state index contributed by atoms with van der Waals surface area (Å²) in [5, 5.41) is 6.82. The maximum atomic E-state index is 4.74. The lowest BCUT2D eigenvalue weighted by Gasteiger charge is -2.34. The third kappa shape index (κ3) is 8.59. The molecule has 8 heteroatoms. The molecule has 0 atom stereocenters. The van der Waals surface area contributed by atoms with Gasteiger partial charge in [0.25, 0.3) is 0 Å². The molecule has 0 radical (unpaired) electrons. The van der Waals surface area contributed by atoms with E-state index in [2.05, 4.69) is 51.2 Å². The number of anilines is 1. The number of hydrogen-bond donors (Lipinski definition) is 2. The maximum absolute atomic E-state index is 4.74. The van der Waals surface area contributed by atoms with Gasteiger partial charge in [-0.3, -0.25) is 9.89 Å². The molecule has 154 valence electrons. The minimum atomic E-state index is 0. The van der Waals surface area contributed by atoms with Gasteiger partial charge in [-0.2, -0.15) is 0 Å². The van der Waals surface area contributed by atoms with E-state index in [0.29, 0.717) is 5.92 Å². The Hall–Kier alpha value is -1.16. The van der Waals surface area contributed by atoms with Crippen LogP contribution in [0.3, 0.4) is 0 Å². The van der Waals surface area contributed by atoms with Crippen LogP contribution < -0.4 is 15.5 Å². The van der Waals surface area contributed by atoms with Gasteiger partial charge >= 0.3 is 0 Å². The zero-order chi connectivity index (χ0) is 18.6. The fraction of sp³-hybridized carbons (Fsp3) is 0.737. The zero-order valence-corrected chi connectivity index (χ0v) is 19.4. The third-order valence-electron chi connectivity index (χ3n) is 4.93. The first kappa shape index (κ1) is 23.9. The number of piperazine rings is 1. The van der Waals surface area contributed by atoms with Crippen molar-refractivity contribution in [2.24, 2.45) is 10.9 Å². The van der Waals surface area contributed by atoms with Crippen molar-refractivity contribution >= 4 is 35.9 Å². The molecule has 0 spiro atoms. The summed E-state index contributed by atoms with van der Waals surface area (Å²) < 4.78 is 0. The monoisotopic (exact) mass is 489 g/mol. The number of halogens is 1. The Bertz CT molecular complexity index is 514. The fourth-order valence-electron chi connectivity index (χ4n) is 3.07. The largest absolute Gasteiger partial charge is 0.357 e. The predicted molar refractivity (Wildman–Crippen MR) is 124 cm³/mol. The molecular formula is C19H36IN7. The van der Waals surface area contributed by atoms with Crippen molar-refractivity contribution in [2.45, 2.75) is 33.6 Å². The SMILES string of the molecule is CCNC(=NCC(CC)CC)NCCN1CCN(c2ncccn2)CC1.I. The Labute approximate surface area is 181 Å². The van der Waals surface area contributed by atoms with Crippen LogP contribution in [0.4, 0.5) is 5.95 Å². The molecule has 1 aliphatic rings. The Morgan fingerprint density at radius 3 is 2.33 bits per heavy atom. The number of nitrogens with zero attached hydrogens (tertiary/aromatic N) is 5. The highest BCUT2D eigenvalue weighted by atomic mass is 127. The van der Waals surface area contributed by atoms with Gasteiger partial charge < -0.3 is 15.5 Å². The van der Waals surface area contributed by atoms with E-state index in [1.54, 1.807) is 0 Å². The van der Waals surface area contributed by atoms with Crippen LogP contribution in [0.5, 0.6) is 0 Å². The van der Waals surface area contributed by atoms with Crippen LogP contribution in [0.1, 0.15) is 33.6 Å². The van der Waals surface area contributed by atoms with Crippen molar-refractivity contribution in [1.82, 2.24) is 25.5 Å². The molecule has 0 aromatic carbocycles. The Morgan fingerprint density at radius 2 is 1.74 bits per heavy atom. The number of aromatic nitrogens is 2. The first-order valence-electron chi connectivity index (χ1n) is 10.0. The van der Waals surface area contributed by atoms with Crippen molar-refractivity contribution in [1.29, 1.82) is 0 Å². The number of nitrogens with one attached hydrogen (secondary N) is 2. The van der Waals surface area contributed by atoms with E-state index in [1.807, 2.05) is 18.5 Å². The molecule has 1 fully saturated rings. The van der Waals surface area contributed by atoms with Gasteiger partial charge in [-0.15, -0.1) is 24.0 Å². The van der Waals surface area contributed by atoms with Gasteiger partial charge in [0.1, 0.15) is 0 Å². The predicted octanol–water partition coefficient (Wildman–Crippen LogP) is 2.21. The molecule has 1 saturated heterocycles. The topological polar surface area (TPSA) is 68.7 Å². The van der Waals surface area contributed by atoms with E-state index in [-0.39, 0.29) is 24.0 Å². The summed E-state index contributed by atoms with van der Waals surface area (Å²) in [7, 11) is 0. The lowest BCUT2D eigenvalue weighted by molar-refractivity contribution is 0.260. The first-order chi connectivity index (χ1) is 12.8. The van der Waals surface area contributed by atoms with Gasteiger partial charge in [0.2, 0.25) is 5.95 Å². The number of hydrogen-bond acceptors (Lipinski definition) is 5. The fourth-order valence-corrected chi connectivity index (χ4v) is 3.07. The van der Waals surface area contributed by atoms with Gasteiger partial charge in [-0.1, -0.05) is 26.7 Å². The standard InChI is InChI=1S/C19H35N7.HI/c1-4-17(5-2)16-24-18(20-6-3)21-10-11-25-12-14-26(15-13-25)19-22-8-7-9-23-19;/h7-9,17H,4-6,10-16H2,1-3H3,(H2,20,21,24);1H. The molecule has 2 N–H and O–H groups in total. The molecular weight excluding hydrogens is 453 g/mol. The Kier molecular flexibility index (Phi) is 12.3. The van der Waals surface area contributed by atoms with Crippen LogP contribution in [0.25, 0.3) is 0 Å². The highest BCUT2D eigenvalue weighted by Crippen LogP contribution is 2.09. The number of rotatable bonds is 9. The van der Waals surface area contributed by atoms with Crippen molar-refractivity contribution in [3.63, 3.8) is 0 Å². The van der Waals surface area contributed by atoms with E-state index in [0.717, 1.165) is 64.3 Å². The highest BCUT2D eigenvalue weighted by molar-refractivity contribution is 14.0. The quantitative estimate of drug-likeness (QED) is 0.315. The van der Waals surface area contributed by atoms with Crippen molar-refractivity contribution in [3.8, 4) is 0 Å². The highest BCUT2D eigenvalue weighted by Gasteiger charge is 2.18. The van der Waals surface area contributed by atoms with Crippen molar-refractivity contribution in [2.75, 3.05) is 57.3 Å². The molecule has 0 aliphatic carbocycles. The van der Waals surface area contributed by atoms with Crippen LogP contribution >= 0.6 is 24.0 Å². The molecule has 1 aromatic heterocycles. The number of aliphatic imine (C=N–C) groups is 1. The van der Waals surface area contributed by atoms with Crippen LogP contribution in [0.2, 0.25) is 0 Å². The zero-order valence-electron chi connectivity index (χ0n) is 17.0. The minimum Gasteiger partial charge on any atom is -0.357 e. The molecule has 27 heavy (non-hydrogen) atoms. The average molecular weight is 489 g/mol. The van der Waals surface area contributed by atoms with Crippen molar-refractivity contribution < 1.29 is 0 Å². The smallest absolute Gasteiger partial charge is 0.225 e. The van der Waals surface area contributed by atoms with E-state index >= 15 is 0 Å². The minimum absolute atomic E-state index is 0. The first-order valence-corrected chi connectivity index (χ1v) is 10.0. The third-order valence-corrected chi connectivity index (χ3v) is 4.93. The summed E-state index contributed by atoms with van der Waals surface area (Å²) in [4.78, 5) is 18.2. The van der Waals surface area contributed by atoms with Gasteiger partial charge in [0, 0.05) is 64.8 Å². The summed E-state index contributed by atoms with van der Waals surface area (Å²) in [5.41, 5.74) is 0. The summed E-state index contributed by atoms with van der Waals surface area (Å²) >= 11 is 0. The van der Waals surface area contributed by atoms with Gasteiger partial charge in [-0.05, 0) is 18.9 Å². The van der Waals surface area contributed by atoms with Crippen LogP contribution in [-0.4, -0.2) is 73.2 Å². The summed E-state index contributed by atoms with van der Waals surface area (Å²) in [6.45, 7) is 14.4. The molecule has 2 rings (SSSR count).